The van der Waals surface area contributed by atoms with Crippen LogP contribution in [-0.2, 0) is 0 Å². The van der Waals surface area contributed by atoms with Crippen LogP contribution in [0.15, 0.2) is 10.9 Å². The van der Waals surface area contributed by atoms with Gasteiger partial charge in [-0.2, -0.15) is 0 Å². The van der Waals surface area contributed by atoms with E-state index in [4.69, 9.17) is 0 Å². The van der Waals surface area contributed by atoms with Crippen LogP contribution in [0.3, 0.4) is 0 Å². The molecule has 0 unspecified atom stereocenters. The largest absolute Gasteiger partial charge is 0.335 e. The molecule has 0 aromatic carbocycles. The van der Waals surface area contributed by atoms with E-state index in [0.29, 0.717) is 11.7 Å². The highest BCUT2D eigenvalue weighted by atomic mass is 32.1. The second kappa shape index (κ2) is 3.46. The van der Waals surface area contributed by atoms with Crippen molar-refractivity contribution in [1.82, 2.24) is 9.88 Å². The molecule has 1 aromatic rings. The number of carbonyl (C=O) groups excluding carboxylic acids is 1. The predicted molar refractivity (Wildman–Crippen MR) is 51.8 cm³/mol. The molecular formula is C9H12N2OS. The molecule has 1 amide bonds. The zero-order valence-corrected chi connectivity index (χ0v) is 8.38. The van der Waals surface area contributed by atoms with Crippen molar-refractivity contribution in [3.05, 3.63) is 16.6 Å². The first-order valence-corrected chi connectivity index (χ1v) is 5.46. The summed E-state index contributed by atoms with van der Waals surface area (Å²) in [6, 6.07) is 0.485. The topological polar surface area (TPSA) is 33.2 Å². The summed E-state index contributed by atoms with van der Waals surface area (Å²) >= 11 is 1.47. The molecule has 1 heterocycles. The Bertz CT molecular complexity index is 293. The zero-order chi connectivity index (χ0) is 9.26. The zero-order valence-electron chi connectivity index (χ0n) is 7.56. The van der Waals surface area contributed by atoms with E-state index >= 15 is 0 Å². The van der Waals surface area contributed by atoms with Crippen LogP contribution in [0.1, 0.15) is 30.3 Å². The quantitative estimate of drug-likeness (QED) is 0.738. The lowest BCUT2D eigenvalue weighted by molar-refractivity contribution is 0.0747. The maximum Gasteiger partial charge on any atom is 0.273 e. The van der Waals surface area contributed by atoms with Gasteiger partial charge in [-0.15, -0.1) is 11.3 Å². The Morgan fingerprint density at radius 3 is 3.00 bits per heavy atom. The average molecular weight is 196 g/mol. The minimum atomic E-state index is 0.0891. The molecule has 1 saturated carbocycles. The Kier molecular flexibility index (Phi) is 2.31. The van der Waals surface area contributed by atoms with Gasteiger partial charge in [0.25, 0.3) is 5.91 Å². The third-order valence-corrected chi connectivity index (χ3v) is 2.83. The van der Waals surface area contributed by atoms with Gasteiger partial charge in [0.15, 0.2) is 0 Å². The maximum absolute atomic E-state index is 11.8. The molecule has 0 spiro atoms. The molecule has 1 aromatic heterocycles. The molecular weight excluding hydrogens is 184 g/mol. The van der Waals surface area contributed by atoms with Crippen LogP contribution in [0.2, 0.25) is 0 Å². The van der Waals surface area contributed by atoms with Crippen molar-refractivity contribution in [2.45, 2.75) is 25.8 Å². The van der Waals surface area contributed by atoms with E-state index in [9.17, 15) is 4.79 Å². The molecule has 1 fully saturated rings. The predicted octanol–water partition coefficient (Wildman–Crippen LogP) is 1.77. The number of hydrogen-bond donors (Lipinski definition) is 0. The van der Waals surface area contributed by atoms with Gasteiger partial charge in [0.05, 0.1) is 5.51 Å². The summed E-state index contributed by atoms with van der Waals surface area (Å²) in [7, 11) is 0. The van der Waals surface area contributed by atoms with Crippen LogP contribution in [0.25, 0.3) is 0 Å². The fourth-order valence-electron chi connectivity index (χ4n) is 1.42. The molecule has 0 bridgehead atoms. The van der Waals surface area contributed by atoms with Gasteiger partial charge >= 0.3 is 0 Å². The number of thiazole rings is 1. The summed E-state index contributed by atoms with van der Waals surface area (Å²) in [6.45, 7) is 2.81. The van der Waals surface area contributed by atoms with E-state index in [0.717, 1.165) is 19.4 Å². The van der Waals surface area contributed by atoms with Crippen LogP contribution in [0, 0.1) is 0 Å². The van der Waals surface area contributed by atoms with Crippen LogP contribution in [0.5, 0.6) is 0 Å². The summed E-state index contributed by atoms with van der Waals surface area (Å²) in [4.78, 5) is 17.7. The first-order valence-electron chi connectivity index (χ1n) is 4.52. The molecule has 13 heavy (non-hydrogen) atoms. The van der Waals surface area contributed by atoms with Crippen molar-refractivity contribution in [2.24, 2.45) is 0 Å². The first kappa shape index (κ1) is 8.69. The standard InChI is InChI=1S/C9H12N2OS/c1-2-11(7-3-4-7)9(12)8-5-13-6-10-8/h5-7H,2-4H2,1H3. The number of carbonyl (C=O) groups is 1. The lowest BCUT2D eigenvalue weighted by Crippen LogP contribution is -2.32. The third-order valence-electron chi connectivity index (χ3n) is 2.24. The molecule has 0 atom stereocenters. The molecule has 0 N–H and O–H groups in total. The minimum Gasteiger partial charge on any atom is -0.335 e. The number of nitrogens with zero attached hydrogens (tertiary/aromatic N) is 2. The van der Waals surface area contributed by atoms with Crippen molar-refractivity contribution in [1.29, 1.82) is 0 Å². The monoisotopic (exact) mass is 196 g/mol. The highest BCUT2D eigenvalue weighted by molar-refractivity contribution is 7.07. The molecule has 2 rings (SSSR count). The van der Waals surface area contributed by atoms with E-state index in [1.54, 1.807) is 5.51 Å². The van der Waals surface area contributed by atoms with Crippen LogP contribution < -0.4 is 0 Å². The molecule has 70 valence electrons. The summed E-state index contributed by atoms with van der Waals surface area (Å²) in [5.74, 6) is 0.0891. The number of hydrogen-bond acceptors (Lipinski definition) is 3. The van der Waals surface area contributed by atoms with Gasteiger partial charge < -0.3 is 4.90 Å². The fraction of sp³-hybridized carbons (Fsp3) is 0.556. The smallest absolute Gasteiger partial charge is 0.273 e. The van der Waals surface area contributed by atoms with Gasteiger partial charge in [-0.05, 0) is 19.8 Å². The van der Waals surface area contributed by atoms with E-state index in [2.05, 4.69) is 4.98 Å². The Balaban J connectivity index is 2.10. The SMILES string of the molecule is CCN(C(=O)c1cscn1)C1CC1. The van der Waals surface area contributed by atoms with Crippen molar-refractivity contribution in [3.8, 4) is 0 Å². The van der Waals surface area contributed by atoms with Crippen LogP contribution in [-0.4, -0.2) is 28.4 Å². The molecule has 0 radical (unpaired) electrons. The Morgan fingerprint density at radius 1 is 1.77 bits per heavy atom. The van der Waals surface area contributed by atoms with E-state index < -0.39 is 0 Å². The van der Waals surface area contributed by atoms with E-state index in [-0.39, 0.29) is 5.91 Å². The van der Waals surface area contributed by atoms with Crippen molar-refractivity contribution in [2.75, 3.05) is 6.54 Å². The Hall–Kier alpha value is -0.900. The summed E-state index contributed by atoms with van der Waals surface area (Å²) in [6.07, 6.45) is 2.31. The molecule has 0 saturated heterocycles. The second-order valence-electron chi connectivity index (χ2n) is 3.20. The number of amides is 1. The fourth-order valence-corrected chi connectivity index (χ4v) is 1.94. The highest BCUT2D eigenvalue weighted by Crippen LogP contribution is 2.27. The lowest BCUT2D eigenvalue weighted by atomic mass is 10.4. The van der Waals surface area contributed by atoms with Gasteiger partial charge in [-0.3, -0.25) is 4.79 Å². The van der Waals surface area contributed by atoms with Crippen LogP contribution in [0.4, 0.5) is 0 Å². The van der Waals surface area contributed by atoms with Gasteiger partial charge in [-0.1, -0.05) is 0 Å². The van der Waals surface area contributed by atoms with Gasteiger partial charge in [0, 0.05) is 18.0 Å². The van der Waals surface area contributed by atoms with Gasteiger partial charge in [0.2, 0.25) is 0 Å². The van der Waals surface area contributed by atoms with Crippen molar-refractivity contribution < 1.29 is 4.79 Å². The van der Waals surface area contributed by atoms with E-state index in [1.807, 2.05) is 17.2 Å². The van der Waals surface area contributed by atoms with Crippen molar-refractivity contribution >= 4 is 17.2 Å². The number of rotatable bonds is 3. The Labute approximate surface area is 81.4 Å². The minimum absolute atomic E-state index is 0.0891. The normalized spacial score (nSPS) is 15.8. The third kappa shape index (κ3) is 1.72. The molecule has 0 aliphatic heterocycles. The summed E-state index contributed by atoms with van der Waals surface area (Å²) in [5, 5.41) is 1.81. The second-order valence-corrected chi connectivity index (χ2v) is 3.91. The first-order chi connectivity index (χ1) is 6.33. The molecule has 1 aliphatic carbocycles. The van der Waals surface area contributed by atoms with Gasteiger partial charge in [0.1, 0.15) is 5.69 Å². The summed E-state index contributed by atoms with van der Waals surface area (Å²) < 4.78 is 0. The van der Waals surface area contributed by atoms with Crippen molar-refractivity contribution in [3.63, 3.8) is 0 Å². The lowest BCUT2D eigenvalue weighted by Gasteiger charge is -2.18. The van der Waals surface area contributed by atoms with E-state index in [1.165, 1.54) is 11.3 Å². The number of aromatic nitrogens is 1. The molecule has 3 nitrogen and oxygen atoms in total. The average Bonchev–Trinajstić information content (AvgIpc) is 2.83. The molecule has 1 aliphatic rings. The van der Waals surface area contributed by atoms with Crippen LogP contribution >= 0.6 is 11.3 Å². The summed E-state index contributed by atoms with van der Waals surface area (Å²) in [5.41, 5.74) is 2.30. The highest BCUT2D eigenvalue weighted by Gasteiger charge is 2.32. The molecule has 4 heteroatoms. The van der Waals surface area contributed by atoms with Gasteiger partial charge in [-0.25, -0.2) is 4.98 Å². The Morgan fingerprint density at radius 2 is 2.54 bits per heavy atom. The maximum atomic E-state index is 11.8.